The maximum atomic E-state index is 5.54. The van der Waals surface area contributed by atoms with Crippen LogP contribution in [0, 0.1) is 0 Å². The van der Waals surface area contributed by atoms with Crippen molar-refractivity contribution >= 4 is 24.2 Å². The Morgan fingerprint density at radius 3 is 2.47 bits per heavy atom. The van der Waals surface area contributed by atoms with E-state index in [-0.39, 0.29) is 0 Å². The Morgan fingerprint density at radius 1 is 1.37 bits per heavy atom. The number of hydrogen-bond acceptors (Lipinski definition) is 3. The molecule has 0 saturated carbocycles. The Bertz CT molecular complexity index is 469. The van der Waals surface area contributed by atoms with Crippen molar-refractivity contribution < 1.29 is 0 Å². The average Bonchev–Trinajstić information content (AvgIpc) is 2.39. The van der Waals surface area contributed by atoms with Crippen LogP contribution in [0.25, 0.3) is 5.57 Å². The van der Waals surface area contributed by atoms with Gasteiger partial charge in [-0.05, 0) is 62.7 Å². The van der Waals surface area contributed by atoms with Gasteiger partial charge >= 0.3 is 0 Å². The molecule has 0 fully saturated rings. The van der Waals surface area contributed by atoms with Crippen molar-refractivity contribution in [3.8, 4) is 0 Å². The lowest BCUT2D eigenvalue weighted by Crippen LogP contribution is -1.85. The fourth-order valence-electron chi connectivity index (χ4n) is 1.35. The Hall–Kier alpha value is -1.58. The fourth-order valence-corrected chi connectivity index (χ4v) is 1.71. The van der Waals surface area contributed by atoms with Crippen LogP contribution in [-0.2, 0) is 0 Å². The number of nitrogens with zero attached hydrogens (tertiary/aromatic N) is 1. The van der Waals surface area contributed by atoms with Crippen molar-refractivity contribution in [2.24, 2.45) is 10.1 Å². The first-order chi connectivity index (χ1) is 9.08. The van der Waals surface area contributed by atoms with E-state index in [1.54, 1.807) is 12.3 Å². The normalized spacial score (nSPS) is 10.0. The molecule has 2 N–H and O–H groups in total. The van der Waals surface area contributed by atoms with Gasteiger partial charge < -0.3 is 0 Å². The van der Waals surface area contributed by atoms with Crippen LogP contribution in [0.15, 0.2) is 64.7 Å². The van der Waals surface area contributed by atoms with Crippen molar-refractivity contribution in [3.05, 3.63) is 60.3 Å². The second-order valence-electron chi connectivity index (χ2n) is 4.04. The predicted molar refractivity (Wildman–Crippen MR) is 89.3 cm³/mol. The highest BCUT2D eigenvalue weighted by Crippen LogP contribution is 2.22. The van der Waals surface area contributed by atoms with Gasteiger partial charge in [-0.2, -0.15) is 0 Å². The summed E-state index contributed by atoms with van der Waals surface area (Å²) in [7, 11) is 0. The van der Waals surface area contributed by atoms with E-state index in [0.717, 1.165) is 16.0 Å². The molecule has 0 atom stereocenters. The molecule has 0 radical (unpaired) electrons. The molecule has 0 aliphatic heterocycles. The monoisotopic (exact) mass is 274 g/mol. The van der Waals surface area contributed by atoms with Gasteiger partial charge in [0, 0.05) is 11.1 Å². The molecular weight excluding hydrogens is 252 g/mol. The number of allylic oxidation sites excluding steroid dienone is 4. The Balaban J connectivity index is 0.000000982. The van der Waals surface area contributed by atoms with Crippen LogP contribution in [-0.4, -0.2) is 6.72 Å². The maximum Gasteiger partial charge on any atom is 0.0339 e. The van der Waals surface area contributed by atoms with E-state index in [1.807, 2.05) is 31.2 Å². The molecule has 0 aliphatic carbocycles. The molecule has 19 heavy (non-hydrogen) atoms. The van der Waals surface area contributed by atoms with Gasteiger partial charge in [0.15, 0.2) is 0 Å². The van der Waals surface area contributed by atoms with E-state index in [1.165, 1.54) is 17.5 Å². The zero-order chi connectivity index (χ0) is 14.7. The molecular formula is C16H22N2S. The first kappa shape index (κ1) is 17.4. The predicted octanol–water partition coefficient (Wildman–Crippen LogP) is 4.85. The van der Waals surface area contributed by atoms with Gasteiger partial charge in [-0.15, -0.1) is 6.58 Å². The average molecular weight is 274 g/mol. The first-order valence-electron chi connectivity index (χ1n) is 5.94. The smallest absolute Gasteiger partial charge is 0.0339 e. The molecule has 3 heteroatoms. The van der Waals surface area contributed by atoms with E-state index >= 15 is 0 Å². The summed E-state index contributed by atoms with van der Waals surface area (Å²) in [6.45, 7) is 12.8. The largest absolute Gasteiger partial charge is 0.274 e. The molecule has 2 nitrogen and oxygen atoms in total. The van der Waals surface area contributed by atoms with E-state index in [9.17, 15) is 0 Å². The van der Waals surface area contributed by atoms with Gasteiger partial charge in [0.1, 0.15) is 0 Å². The highest BCUT2D eigenvalue weighted by atomic mass is 32.2. The summed E-state index contributed by atoms with van der Waals surface area (Å²) in [6, 6.07) is 8.05. The zero-order valence-corrected chi connectivity index (χ0v) is 12.7. The molecule has 0 unspecified atom stereocenters. The Labute approximate surface area is 121 Å². The quantitative estimate of drug-likeness (QED) is 0.369. The van der Waals surface area contributed by atoms with Gasteiger partial charge in [0.2, 0.25) is 0 Å². The molecule has 1 rings (SSSR count). The third-order valence-corrected chi connectivity index (χ3v) is 2.50. The van der Waals surface area contributed by atoms with Crippen LogP contribution in [0.1, 0.15) is 26.3 Å². The number of nitrogens with two attached hydrogens (primary N) is 1. The van der Waals surface area contributed by atoms with Gasteiger partial charge in [-0.25, -0.2) is 0 Å². The zero-order valence-electron chi connectivity index (χ0n) is 11.9. The fraction of sp³-hybridized carbons (Fsp3) is 0.188. The van der Waals surface area contributed by atoms with Crippen molar-refractivity contribution in [1.29, 1.82) is 0 Å². The van der Waals surface area contributed by atoms with Crippen molar-refractivity contribution in [2.75, 3.05) is 0 Å². The van der Waals surface area contributed by atoms with Crippen molar-refractivity contribution in [1.82, 2.24) is 0 Å². The summed E-state index contributed by atoms with van der Waals surface area (Å²) in [4.78, 5) is 4.86. The van der Waals surface area contributed by atoms with Crippen LogP contribution < -0.4 is 5.14 Å². The molecule has 0 saturated heterocycles. The van der Waals surface area contributed by atoms with Gasteiger partial charge in [0.25, 0.3) is 0 Å². The summed E-state index contributed by atoms with van der Waals surface area (Å²) in [6.07, 6.45) is 5.59. The molecule has 0 amide bonds. The number of benzene rings is 1. The Morgan fingerprint density at radius 2 is 2.00 bits per heavy atom. The standard InChI is InChI=1S/C13H16N2S.C3H6/c1-10(2)7-12(9-15-3)11-5-4-6-13(8-11)16-14;1-3-2/h4-9H,3,14H2,1-2H3;3H,1H2,2H3/b12-9+;. The molecule has 0 aliphatic rings. The number of rotatable bonds is 4. The SMILES string of the molecule is C=CC.C=N/C=C(\C=C(C)C)c1cccc(SN)c1. The number of hydrogen-bond donors (Lipinski definition) is 1. The second-order valence-corrected chi connectivity index (χ2v) is 4.75. The van der Waals surface area contributed by atoms with Gasteiger partial charge in [-0.3, -0.25) is 10.1 Å². The van der Waals surface area contributed by atoms with E-state index < -0.39 is 0 Å². The molecule has 1 aromatic rings. The van der Waals surface area contributed by atoms with Crippen LogP contribution in [0.5, 0.6) is 0 Å². The van der Waals surface area contributed by atoms with Gasteiger partial charge in [0.05, 0.1) is 0 Å². The number of aliphatic imine (C=N–C) groups is 1. The lowest BCUT2D eigenvalue weighted by Gasteiger charge is -2.04. The van der Waals surface area contributed by atoms with Crippen LogP contribution >= 0.6 is 11.9 Å². The topological polar surface area (TPSA) is 38.4 Å². The second kappa shape index (κ2) is 10.4. The van der Waals surface area contributed by atoms with Crippen molar-refractivity contribution in [3.63, 3.8) is 0 Å². The highest BCUT2D eigenvalue weighted by Gasteiger charge is 1.99. The summed E-state index contributed by atoms with van der Waals surface area (Å²) in [5.41, 5.74) is 3.37. The van der Waals surface area contributed by atoms with Crippen LogP contribution in [0.3, 0.4) is 0 Å². The lowest BCUT2D eigenvalue weighted by atomic mass is 10.0. The molecule has 0 heterocycles. The van der Waals surface area contributed by atoms with E-state index in [2.05, 4.69) is 38.2 Å². The molecule has 0 aromatic heterocycles. The molecule has 0 bridgehead atoms. The lowest BCUT2D eigenvalue weighted by molar-refractivity contribution is 1.37. The van der Waals surface area contributed by atoms with E-state index in [0.29, 0.717) is 0 Å². The Kier molecular flexibility index (Phi) is 9.49. The molecule has 1 aromatic carbocycles. The highest BCUT2D eigenvalue weighted by molar-refractivity contribution is 7.97. The minimum Gasteiger partial charge on any atom is -0.274 e. The van der Waals surface area contributed by atoms with Crippen LogP contribution in [0.2, 0.25) is 0 Å². The van der Waals surface area contributed by atoms with E-state index in [4.69, 9.17) is 5.14 Å². The minimum absolute atomic E-state index is 1.04. The summed E-state index contributed by atoms with van der Waals surface area (Å²) in [5.74, 6) is 0. The minimum atomic E-state index is 1.04. The summed E-state index contributed by atoms with van der Waals surface area (Å²) < 4.78 is 0. The molecule has 102 valence electrons. The maximum absolute atomic E-state index is 5.54. The summed E-state index contributed by atoms with van der Waals surface area (Å²) in [5, 5.41) is 5.54. The molecule has 0 spiro atoms. The van der Waals surface area contributed by atoms with Gasteiger partial charge in [-0.1, -0.05) is 29.9 Å². The summed E-state index contributed by atoms with van der Waals surface area (Å²) >= 11 is 1.24. The third kappa shape index (κ3) is 7.44. The van der Waals surface area contributed by atoms with Crippen molar-refractivity contribution in [2.45, 2.75) is 25.7 Å². The van der Waals surface area contributed by atoms with Crippen LogP contribution in [0.4, 0.5) is 0 Å². The third-order valence-electron chi connectivity index (χ3n) is 1.98. The first-order valence-corrected chi connectivity index (χ1v) is 6.82.